The van der Waals surface area contributed by atoms with E-state index in [2.05, 4.69) is 17.9 Å². The van der Waals surface area contributed by atoms with Crippen LogP contribution in [0.15, 0.2) is 18.2 Å². The molecule has 0 aromatic carbocycles. The highest BCUT2D eigenvalue weighted by Crippen LogP contribution is 2.16. The average molecular weight is 280 g/mol. The number of carbonyl (C=O) groups is 1. The van der Waals surface area contributed by atoms with Gasteiger partial charge in [0.15, 0.2) is 0 Å². The minimum atomic E-state index is 0.0784. The van der Waals surface area contributed by atoms with Crippen LogP contribution in [0.25, 0.3) is 6.08 Å². The first-order chi connectivity index (χ1) is 9.19. The van der Waals surface area contributed by atoms with Gasteiger partial charge in [0.2, 0.25) is 5.91 Å². The van der Waals surface area contributed by atoms with E-state index in [1.807, 2.05) is 17.0 Å². The lowest BCUT2D eigenvalue weighted by Gasteiger charge is -2.33. The molecule has 1 fully saturated rings. The van der Waals surface area contributed by atoms with Crippen molar-refractivity contribution in [2.24, 2.45) is 0 Å². The number of rotatable bonds is 4. The van der Waals surface area contributed by atoms with Crippen molar-refractivity contribution in [3.63, 3.8) is 0 Å². The fourth-order valence-corrected chi connectivity index (χ4v) is 2.92. The Hall–Kier alpha value is -1.17. The predicted molar refractivity (Wildman–Crippen MR) is 78.2 cm³/mol. The van der Waals surface area contributed by atoms with E-state index in [1.54, 1.807) is 17.4 Å². The van der Waals surface area contributed by atoms with Gasteiger partial charge in [-0.25, -0.2) is 0 Å². The summed E-state index contributed by atoms with van der Waals surface area (Å²) in [7, 11) is 0. The van der Waals surface area contributed by atoms with Crippen molar-refractivity contribution in [3.05, 3.63) is 28.0 Å². The Morgan fingerprint density at radius 2 is 2.11 bits per heavy atom. The van der Waals surface area contributed by atoms with E-state index >= 15 is 0 Å². The van der Waals surface area contributed by atoms with Crippen LogP contribution in [0.5, 0.6) is 0 Å². The smallest absolute Gasteiger partial charge is 0.246 e. The van der Waals surface area contributed by atoms with Crippen molar-refractivity contribution in [2.75, 3.05) is 39.3 Å². The lowest BCUT2D eigenvalue weighted by Crippen LogP contribution is -2.48. The molecular formula is C14H20N2O2S. The lowest BCUT2D eigenvalue weighted by molar-refractivity contribution is -0.127. The van der Waals surface area contributed by atoms with E-state index in [1.165, 1.54) is 4.88 Å². The highest BCUT2D eigenvalue weighted by molar-refractivity contribution is 7.12. The van der Waals surface area contributed by atoms with Gasteiger partial charge < -0.3 is 10.0 Å². The summed E-state index contributed by atoms with van der Waals surface area (Å²) in [4.78, 5) is 18.4. The molecule has 1 amide bonds. The van der Waals surface area contributed by atoms with Gasteiger partial charge >= 0.3 is 0 Å². The molecule has 0 spiro atoms. The second-order valence-electron chi connectivity index (χ2n) is 4.67. The van der Waals surface area contributed by atoms with E-state index in [-0.39, 0.29) is 12.5 Å². The first kappa shape index (κ1) is 14.2. The molecular weight excluding hydrogens is 260 g/mol. The molecule has 1 aliphatic heterocycles. The van der Waals surface area contributed by atoms with Crippen molar-refractivity contribution < 1.29 is 9.90 Å². The maximum absolute atomic E-state index is 12.0. The summed E-state index contributed by atoms with van der Waals surface area (Å²) in [6, 6.07) is 4.09. The van der Waals surface area contributed by atoms with Gasteiger partial charge in [-0.1, -0.05) is 0 Å². The molecule has 104 valence electrons. The van der Waals surface area contributed by atoms with E-state index in [0.29, 0.717) is 6.54 Å². The molecule has 5 heteroatoms. The van der Waals surface area contributed by atoms with Crippen LogP contribution in [0.4, 0.5) is 0 Å². The van der Waals surface area contributed by atoms with Crippen LogP contribution in [0, 0.1) is 6.92 Å². The topological polar surface area (TPSA) is 43.8 Å². The molecule has 0 atom stereocenters. The second-order valence-corrected chi connectivity index (χ2v) is 5.99. The predicted octanol–water partition coefficient (Wildman–Crippen LogP) is 1.21. The molecule has 0 bridgehead atoms. The Balaban J connectivity index is 1.83. The number of thiophene rings is 1. The van der Waals surface area contributed by atoms with Crippen LogP contribution in [0.3, 0.4) is 0 Å². The highest BCUT2D eigenvalue weighted by atomic mass is 32.1. The summed E-state index contributed by atoms with van der Waals surface area (Å²) in [5.74, 6) is 0.0784. The molecule has 1 saturated heterocycles. The third-order valence-corrected chi connectivity index (χ3v) is 4.22. The van der Waals surface area contributed by atoms with Gasteiger partial charge in [0, 0.05) is 48.6 Å². The lowest BCUT2D eigenvalue weighted by atomic mass is 10.3. The summed E-state index contributed by atoms with van der Waals surface area (Å²) >= 11 is 1.69. The number of piperazine rings is 1. The molecule has 1 aromatic heterocycles. The number of nitrogens with zero attached hydrogens (tertiary/aromatic N) is 2. The molecule has 2 heterocycles. The monoisotopic (exact) mass is 280 g/mol. The van der Waals surface area contributed by atoms with Crippen LogP contribution >= 0.6 is 11.3 Å². The zero-order chi connectivity index (χ0) is 13.7. The van der Waals surface area contributed by atoms with Crippen molar-refractivity contribution >= 4 is 23.3 Å². The van der Waals surface area contributed by atoms with E-state index < -0.39 is 0 Å². The zero-order valence-electron chi connectivity index (χ0n) is 11.2. The van der Waals surface area contributed by atoms with Gasteiger partial charge in [-0.05, 0) is 25.1 Å². The molecule has 1 aromatic rings. The number of β-amino-alcohol motifs (C(OH)–C–C–N with tert-alkyl or cyclic N) is 1. The number of amides is 1. The van der Waals surface area contributed by atoms with Gasteiger partial charge in [-0.15, -0.1) is 11.3 Å². The molecule has 1 aliphatic rings. The summed E-state index contributed by atoms with van der Waals surface area (Å²) in [5, 5.41) is 8.87. The van der Waals surface area contributed by atoms with E-state index in [4.69, 9.17) is 5.11 Å². The second kappa shape index (κ2) is 6.84. The van der Waals surface area contributed by atoms with Crippen LogP contribution in [-0.4, -0.2) is 60.1 Å². The van der Waals surface area contributed by atoms with Crippen molar-refractivity contribution in [1.29, 1.82) is 0 Å². The van der Waals surface area contributed by atoms with E-state index in [0.717, 1.165) is 31.1 Å². The largest absolute Gasteiger partial charge is 0.395 e. The molecule has 19 heavy (non-hydrogen) atoms. The number of aliphatic hydroxyl groups excluding tert-OH is 1. The molecule has 0 unspecified atom stereocenters. The van der Waals surface area contributed by atoms with Crippen molar-refractivity contribution in [1.82, 2.24) is 9.80 Å². The van der Waals surface area contributed by atoms with Gasteiger partial charge in [0.25, 0.3) is 0 Å². The number of carbonyl (C=O) groups excluding carboxylic acids is 1. The molecule has 0 saturated carbocycles. The minimum absolute atomic E-state index is 0.0784. The van der Waals surface area contributed by atoms with Gasteiger partial charge in [0.1, 0.15) is 0 Å². The Morgan fingerprint density at radius 1 is 1.37 bits per heavy atom. The van der Waals surface area contributed by atoms with Gasteiger partial charge in [0.05, 0.1) is 6.61 Å². The SMILES string of the molecule is Cc1ccc(/C=C/C(=O)N2CCN(CCO)CC2)s1. The molecule has 2 rings (SSSR count). The fraction of sp³-hybridized carbons (Fsp3) is 0.500. The van der Waals surface area contributed by atoms with Crippen molar-refractivity contribution in [2.45, 2.75) is 6.92 Å². The summed E-state index contributed by atoms with van der Waals surface area (Å²) in [6.45, 7) is 6.12. The number of aryl methyl sites for hydroxylation is 1. The van der Waals surface area contributed by atoms with Crippen molar-refractivity contribution in [3.8, 4) is 0 Å². The molecule has 0 radical (unpaired) electrons. The molecule has 1 N–H and O–H groups in total. The number of hydrogen-bond donors (Lipinski definition) is 1. The molecule has 4 nitrogen and oxygen atoms in total. The van der Waals surface area contributed by atoms with Crippen LogP contribution in [0.1, 0.15) is 9.75 Å². The first-order valence-electron chi connectivity index (χ1n) is 6.55. The zero-order valence-corrected chi connectivity index (χ0v) is 12.0. The molecule has 0 aliphatic carbocycles. The van der Waals surface area contributed by atoms with Gasteiger partial charge in [-0.3, -0.25) is 9.69 Å². The Bertz CT molecular complexity index is 448. The maximum Gasteiger partial charge on any atom is 0.246 e. The fourth-order valence-electron chi connectivity index (χ4n) is 2.14. The quantitative estimate of drug-likeness (QED) is 0.843. The Labute approximate surface area is 118 Å². The first-order valence-corrected chi connectivity index (χ1v) is 7.37. The third kappa shape index (κ3) is 4.16. The Morgan fingerprint density at radius 3 is 2.68 bits per heavy atom. The third-order valence-electron chi connectivity index (χ3n) is 3.25. The average Bonchev–Trinajstić information content (AvgIpc) is 2.83. The highest BCUT2D eigenvalue weighted by Gasteiger charge is 2.18. The van der Waals surface area contributed by atoms with Crippen LogP contribution < -0.4 is 0 Å². The number of hydrogen-bond acceptors (Lipinski definition) is 4. The number of aliphatic hydroxyl groups is 1. The standard InChI is InChI=1S/C14H20N2O2S/c1-12-2-3-13(19-12)4-5-14(18)16-8-6-15(7-9-16)10-11-17/h2-5,17H,6-11H2,1H3/b5-4+. The van der Waals surface area contributed by atoms with E-state index in [9.17, 15) is 4.79 Å². The van der Waals surface area contributed by atoms with Crippen LogP contribution in [0.2, 0.25) is 0 Å². The van der Waals surface area contributed by atoms with Gasteiger partial charge in [-0.2, -0.15) is 0 Å². The Kier molecular flexibility index (Phi) is 5.13. The summed E-state index contributed by atoms with van der Waals surface area (Å²) in [5.41, 5.74) is 0. The normalized spacial score (nSPS) is 17.3. The minimum Gasteiger partial charge on any atom is -0.395 e. The maximum atomic E-state index is 12.0. The summed E-state index contributed by atoms with van der Waals surface area (Å²) < 4.78 is 0. The summed E-state index contributed by atoms with van der Waals surface area (Å²) in [6.07, 6.45) is 3.55. The van der Waals surface area contributed by atoms with Crippen LogP contribution in [-0.2, 0) is 4.79 Å².